The normalized spacial score (nSPS) is 11.3. The molecule has 22 heavy (non-hydrogen) atoms. The standard InChI is InChI=1S/C13H14BrFN4O2S/c1-13(2,15)19-4-3-8(6-19)11(21)16-5-10(20)18-12-17-9(14)7-22-12/h3-4,6-7H,5H2,1-2H3,(H,16,21)(H,17,18,20). The monoisotopic (exact) mass is 388 g/mol. The van der Waals surface area contributed by atoms with Crippen LogP contribution in [-0.4, -0.2) is 27.9 Å². The fourth-order valence-corrected chi connectivity index (χ4v) is 2.76. The van der Waals surface area contributed by atoms with Crippen molar-refractivity contribution in [1.82, 2.24) is 14.9 Å². The fourth-order valence-electron chi connectivity index (χ4n) is 1.60. The van der Waals surface area contributed by atoms with Crippen LogP contribution < -0.4 is 10.6 Å². The molecule has 0 aliphatic rings. The first kappa shape index (κ1) is 16.6. The van der Waals surface area contributed by atoms with E-state index in [0.717, 1.165) is 0 Å². The van der Waals surface area contributed by atoms with Gasteiger partial charge in [0.05, 0.1) is 12.1 Å². The Bertz CT molecular complexity index is 692. The number of carbonyl (C=O) groups is 2. The number of nitrogens with one attached hydrogen (secondary N) is 2. The summed E-state index contributed by atoms with van der Waals surface area (Å²) in [5.41, 5.74) is 0.288. The molecule has 9 heteroatoms. The molecule has 2 rings (SSSR count). The van der Waals surface area contributed by atoms with Crippen molar-refractivity contribution in [3.63, 3.8) is 0 Å². The minimum absolute atomic E-state index is 0.194. The van der Waals surface area contributed by atoms with Gasteiger partial charge in [-0.3, -0.25) is 9.59 Å². The van der Waals surface area contributed by atoms with Gasteiger partial charge in [0.15, 0.2) is 10.9 Å². The van der Waals surface area contributed by atoms with Crippen molar-refractivity contribution in [3.8, 4) is 0 Å². The third-order valence-electron chi connectivity index (χ3n) is 2.70. The topological polar surface area (TPSA) is 76.0 Å². The van der Waals surface area contributed by atoms with E-state index in [1.807, 2.05) is 0 Å². The minimum Gasteiger partial charge on any atom is -0.343 e. The molecule has 0 atom stereocenters. The van der Waals surface area contributed by atoms with Crippen LogP contribution in [0, 0.1) is 0 Å². The zero-order valence-electron chi connectivity index (χ0n) is 11.9. The largest absolute Gasteiger partial charge is 0.343 e. The Hall–Kier alpha value is -1.74. The molecule has 0 aliphatic carbocycles. The van der Waals surface area contributed by atoms with Gasteiger partial charge in [0, 0.05) is 17.8 Å². The van der Waals surface area contributed by atoms with E-state index >= 15 is 0 Å². The van der Waals surface area contributed by atoms with Crippen LogP contribution in [0.3, 0.4) is 0 Å². The first-order valence-corrected chi connectivity index (χ1v) is 7.99. The number of amides is 2. The van der Waals surface area contributed by atoms with Gasteiger partial charge < -0.3 is 15.2 Å². The average molecular weight is 389 g/mol. The molecular weight excluding hydrogens is 375 g/mol. The molecule has 0 bridgehead atoms. The summed E-state index contributed by atoms with van der Waals surface area (Å²) in [5.74, 6) is -2.42. The van der Waals surface area contributed by atoms with E-state index < -0.39 is 11.7 Å². The van der Waals surface area contributed by atoms with Gasteiger partial charge in [-0.25, -0.2) is 9.37 Å². The summed E-state index contributed by atoms with van der Waals surface area (Å²) in [6.45, 7) is 2.57. The highest BCUT2D eigenvalue weighted by Crippen LogP contribution is 2.19. The number of alkyl halides is 1. The lowest BCUT2D eigenvalue weighted by molar-refractivity contribution is -0.115. The van der Waals surface area contributed by atoms with Crippen molar-refractivity contribution >= 4 is 44.2 Å². The van der Waals surface area contributed by atoms with E-state index in [1.165, 1.54) is 48.2 Å². The quantitative estimate of drug-likeness (QED) is 0.826. The number of nitrogens with zero attached hydrogens (tertiary/aromatic N) is 2. The summed E-state index contributed by atoms with van der Waals surface area (Å²) in [7, 11) is 0. The van der Waals surface area contributed by atoms with Crippen molar-refractivity contribution in [3.05, 3.63) is 34.0 Å². The summed E-state index contributed by atoms with van der Waals surface area (Å²) in [6, 6.07) is 1.49. The predicted molar refractivity (Wildman–Crippen MR) is 85.6 cm³/mol. The van der Waals surface area contributed by atoms with Crippen molar-refractivity contribution in [2.75, 3.05) is 11.9 Å². The molecule has 118 valence electrons. The molecule has 2 aromatic rings. The maximum atomic E-state index is 13.7. The third-order valence-corrected chi connectivity index (χ3v) is 4.17. The lowest BCUT2D eigenvalue weighted by Crippen LogP contribution is -2.32. The molecule has 0 spiro atoms. The first-order chi connectivity index (χ1) is 10.3. The highest BCUT2D eigenvalue weighted by atomic mass is 79.9. The van der Waals surface area contributed by atoms with Crippen LogP contribution in [-0.2, 0) is 10.6 Å². The fraction of sp³-hybridized carbons (Fsp3) is 0.308. The summed E-state index contributed by atoms with van der Waals surface area (Å²) >= 11 is 4.45. The number of aromatic nitrogens is 2. The molecule has 0 aromatic carbocycles. The highest BCUT2D eigenvalue weighted by molar-refractivity contribution is 9.10. The summed E-state index contributed by atoms with van der Waals surface area (Å²) < 4.78 is 15.6. The van der Waals surface area contributed by atoms with Crippen LogP contribution >= 0.6 is 27.3 Å². The van der Waals surface area contributed by atoms with Gasteiger partial charge in [0.2, 0.25) is 5.91 Å². The minimum atomic E-state index is -1.59. The molecule has 0 aliphatic heterocycles. The van der Waals surface area contributed by atoms with Crippen LogP contribution in [0.2, 0.25) is 0 Å². The van der Waals surface area contributed by atoms with E-state index in [4.69, 9.17) is 0 Å². The zero-order valence-corrected chi connectivity index (χ0v) is 14.3. The highest BCUT2D eigenvalue weighted by Gasteiger charge is 2.19. The number of carbonyl (C=O) groups excluding carboxylic acids is 2. The average Bonchev–Trinajstić information content (AvgIpc) is 3.04. The maximum Gasteiger partial charge on any atom is 0.253 e. The van der Waals surface area contributed by atoms with E-state index in [-0.39, 0.29) is 18.0 Å². The molecule has 2 aromatic heterocycles. The van der Waals surface area contributed by atoms with Crippen LogP contribution in [0.4, 0.5) is 9.52 Å². The number of anilines is 1. The smallest absolute Gasteiger partial charge is 0.253 e. The predicted octanol–water partition coefficient (Wildman–Crippen LogP) is 2.74. The second kappa shape index (κ2) is 6.57. The Morgan fingerprint density at radius 1 is 1.50 bits per heavy atom. The number of hydrogen-bond acceptors (Lipinski definition) is 4. The maximum absolute atomic E-state index is 13.7. The van der Waals surface area contributed by atoms with Crippen molar-refractivity contribution in [1.29, 1.82) is 0 Å². The van der Waals surface area contributed by atoms with Gasteiger partial charge in [0.1, 0.15) is 4.60 Å². The van der Waals surface area contributed by atoms with Crippen LogP contribution in [0.5, 0.6) is 0 Å². The van der Waals surface area contributed by atoms with Crippen molar-refractivity contribution < 1.29 is 14.0 Å². The summed E-state index contributed by atoms with van der Waals surface area (Å²) in [4.78, 5) is 27.6. The zero-order chi connectivity index (χ0) is 16.3. The first-order valence-electron chi connectivity index (χ1n) is 6.32. The SMILES string of the molecule is CC(C)(F)n1ccc(C(=O)NCC(=O)Nc2nc(Br)cs2)c1. The second-order valence-corrected chi connectivity index (χ2v) is 6.59. The molecule has 2 amide bonds. The number of hydrogen-bond donors (Lipinski definition) is 2. The summed E-state index contributed by atoms with van der Waals surface area (Å²) in [5, 5.41) is 7.20. The Morgan fingerprint density at radius 3 is 2.77 bits per heavy atom. The second-order valence-electron chi connectivity index (χ2n) is 4.92. The molecule has 0 saturated heterocycles. The van der Waals surface area contributed by atoms with Crippen LogP contribution in [0.25, 0.3) is 0 Å². The van der Waals surface area contributed by atoms with E-state index in [1.54, 1.807) is 5.38 Å². The molecule has 0 unspecified atom stereocenters. The van der Waals surface area contributed by atoms with Crippen LogP contribution in [0.1, 0.15) is 24.2 Å². The van der Waals surface area contributed by atoms with Gasteiger partial charge in [-0.15, -0.1) is 11.3 Å². The molecule has 6 nitrogen and oxygen atoms in total. The van der Waals surface area contributed by atoms with Crippen LogP contribution in [0.15, 0.2) is 28.4 Å². The van der Waals surface area contributed by atoms with Gasteiger partial charge in [-0.1, -0.05) is 0 Å². The molecule has 0 radical (unpaired) electrons. The lowest BCUT2D eigenvalue weighted by Gasteiger charge is -2.15. The van der Waals surface area contributed by atoms with Gasteiger partial charge in [-0.05, 0) is 35.8 Å². The number of halogens is 2. The Balaban J connectivity index is 1.87. The third kappa shape index (κ3) is 4.38. The van der Waals surface area contributed by atoms with Crippen molar-refractivity contribution in [2.45, 2.75) is 19.6 Å². The Kier molecular flexibility index (Phi) is 4.97. The molecular formula is C13H14BrFN4O2S. The lowest BCUT2D eigenvalue weighted by atomic mass is 10.3. The van der Waals surface area contributed by atoms with E-state index in [0.29, 0.717) is 9.73 Å². The van der Waals surface area contributed by atoms with Crippen molar-refractivity contribution in [2.24, 2.45) is 0 Å². The number of rotatable bonds is 5. The number of thiazole rings is 1. The van der Waals surface area contributed by atoms with E-state index in [2.05, 4.69) is 31.5 Å². The van der Waals surface area contributed by atoms with Gasteiger partial charge >= 0.3 is 0 Å². The molecule has 2 heterocycles. The van der Waals surface area contributed by atoms with E-state index in [9.17, 15) is 14.0 Å². The Labute approximate surface area is 138 Å². The molecule has 2 N–H and O–H groups in total. The molecule has 0 saturated carbocycles. The summed E-state index contributed by atoms with van der Waals surface area (Å²) in [6.07, 6.45) is 2.87. The Morgan fingerprint density at radius 2 is 2.23 bits per heavy atom. The van der Waals surface area contributed by atoms with Gasteiger partial charge in [-0.2, -0.15) is 0 Å². The van der Waals surface area contributed by atoms with Gasteiger partial charge in [0.25, 0.3) is 5.91 Å². The molecule has 0 fully saturated rings.